The summed E-state index contributed by atoms with van der Waals surface area (Å²) in [5.74, 6) is 2.60. The van der Waals surface area contributed by atoms with Gasteiger partial charge in [0.15, 0.2) is 5.82 Å². The fourth-order valence-electron chi connectivity index (χ4n) is 6.21. The number of aromatic nitrogens is 2. The van der Waals surface area contributed by atoms with E-state index in [-0.39, 0.29) is 6.03 Å². The summed E-state index contributed by atoms with van der Waals surface area (Å²) < 4.78 is 5.82. The van der Waals surface area contributed by atoms with Gasteiger partial charge in [-0.1, -0.05) is 0 Å². The molecular formula is C32H42N8O2. The molecule has 0 aliphatic carbocycles. The summed E-state index contributed by atoms with van der Waals surface area (Å²) in [5, 5.41) is 5.89. The summed E-state index contributed by atoms with van der Waals surface area (Å²) in [4.78, 5) is 32.2. The Labute approximate surface area is 248 Å². The maximum absolute atomic E-state index is 12.7. The lowest BCUT2D eigenvalue weighted by molar-refractivity contribution is 0.0902. The molecule has 3 aliphatic heterocycles. The monoisotopic (exact) mass is 570 g/mol. The topological polar surface area (TPSA) is 89.1 Å². The summed E-state index contributed by atoms with van der Waals surface area (Å²) in [5.41, 5.74) is 3.56. The highest BCUT2D eigenvalue weighted by molar-refractivity contribution is 6.00. The maximum Gasteiger partial charge on any atom is 0.323 e. The minimum atomic E-state index is -0.278. The second-order valence-electron chi connectivity index (χ2n) is 11.4. The first kappa shape index (κ1) is 28.2. The van der Waals surface area contributed by atoms with E-state index < -0.39 is 0 Å². The number of rotatable bonds is 8. The van der Waals surface area contributed by atoms with Crippen LogP contribution in [-0.2, 0) is 4.74 Å². The molecule has 222 valence electrons. The van der Waals surface area contributed by atoms with Gasteiger partial charge >= 0.3 is 6.03 Å². The van der Waals surface area contributed by atoms with E-state index in [2.05, 4.69) is 69.3 Å². The van der Waals surface area contributed by atoms with Crippen LogP contribution in [0.15, 0.2) is 54.6 Å². The molecule has 10 nitrogen and oxygen atoms in total. The Kier molecular flexibility index (Phi) is 8.43. The molecule has 42 heavy (non-hydrogen) atoms. The number of likely N-dealkylation sites (N-methyl/N-ethyl adjacent to an activating group) is 1. The number of carbonyl (C=O) groups excluding carboxylic acids is 1. The van der Waals surface area contributed by atoms with Crippen LogP contribution in [-0.4, -0.2) is 92.5 Å². The van der Waals surface area contributed by atoms with Gasteiger partial charge < -0.3 is 35.0 Å². The molecule has 2 aromatic carbocycles. The van der Waals surface area contributed by atoms with Gasteiger partial charge in [0, 0.05) is 68.0 Å². The molecule has 4 heterocycles. The largest absolute Gasteiger partial charge is 0.377 e. The number of ether oxygens (including phenoxy) is 1. The quantitative estimate of drug-likeness (QED) is 0.401. The highest BCUT2D eigenvalue weighted by Crippen LogP contribution is 2.35. The van der Waals surface area contributed by atoms with Crippen LogP contribution in [0.3, 0.4) is 0 Å². The molecule has 1 aromatic heterocycles. The Balaban J connectivity index is 1.14. The van der Waals surface area contributed by atoms with E-state index in [9.17, 15) is 4.79 Å². The Morgan fingerprint density at radius 2 is 1.48 bits per heavy atom. The van der Waals surface area contributed by atoms with E-state index in [4.69, 9.17) is 14.7 Å². The van der Waals surface area contributed by atoms with E-state index >= 15 is 0 Å². The Hall–Kier alpha value is -3.89. The Morgan fingerprint density at radius 3 is 2.07 bits per heavy atom. The molecule has 10 heteroatoms. The number of amides is 2. The molecule has 3 saturated heterocycles. The van der Waals surface area contributed by atoms with E-state index in [0.29, 0.717) is 23.6 Å². The number of hydrogen-bond acceptors (Lipinski definition) is 8. The minimum absolute atomic E-state index is 0.278. The molecule has 0 saturated carbocycles. The normalized spacial score (nSPS) is 20.5. The molecule has 2 unspecified atom stereocenters. The number of piperazine rings is 1. The molecule has 2 atom stereocenters. The second-order valence-corrected chi connectivity index (χ2v) is 11.4. The van der Waals surface area contributed by atoms with Crippen LogP contribution in [0.25, 0.3) is 11.4 Å². The van der Waals surface area contributed by atoms with Crippen LogP contribution < -0.4 is 25.3 Å². The average molecular weight is 571 g/mol. The van der Waals surface area contributed by atoms with E-state index in [1.54, 1.807) is 0 Å². The number of morpholine rings is 1. The van der Waals surface area contributed by atoms with Gasteiger partial charge in [0.2, 0.25) is 0 Å². The maximum atomic E-state index is 12.7. The molecule has 3 fully saturated rings. The van der Waals surface area contributed by atoms with Crippen LogP contribution in [0.4, 0.5) is 33.5 Å². The summed E-state index contributed by atoms with van der Waals surface area (Å²) >= 11 is 0. The lowest BCUT2D eigenvalue weighted by atomic mass is 10.2. The summed E-state index contributed by atoms with van der Waals surface area (Å²) in [6.45, 7) is 11.7. The fourth-order valence-corrected chi connectivity index (χ4v) is 6.21. The minimum Gasteiger partial charge on any atom is -0.377 e. The third kappa shape index (κ3) is 6.15. The van der Waals surface area contributed by atoms with E-state index in [0.717, 1.165) is 88.2 Å². The zero-order valence-electron chi connectivity index (χ0n) is 24.9. The third-order valence-corrected chi connectivity index (χ3v) is 8.69. The lowest BCUT2D eigenvalue weighted by Crippen LogP contribution is -2.46. The van der Waals surface area contributed by atoms with Crippen molar-refractivity contribution in [2.75, 3.05) is 84.9 Å². The van der Waals surface area contributed by atoms with E-state index in [1.165, 1.54) is 5.69 Å². The highest BCUT2D eigenvalue weighted by Gasteiger charge is 2.38. The number of nitrogens with zero attached hydrogens (tertiary/aromatic N) is 6. The summed E-state index contributed by atoms with van der Waals surface area (Å²) in [6, 6.07) is 18.4. The van der Waals surface area contributed by atoms with Gasteiger partial charge in [-0.25, -0.2) is 14.8 Å². The standard InChI is InChI=1S/C32H42N8O2/c1-4-38(5-2)29-20-30(40-27-14-15-28(40)22-42-21-27)36-31(35-29)23-6-8-24(9-7-23)33-32(41)34-25-10-12-26(13-11-25)39-18-16-37(3)17-19-39/h6-13,20,27-28H,4-5,14-19,21-22H2,1-3H3,(H2,33,34,41). The van der Waals surface area contributed by atoms with Crippen LogP contribution in [0.2, 0.25) is 0 Å². The molecule has 2 amide bonds. The summed E-state index contributed by atoms with van der Waals surface area (Å²) in [7, 11) is 2.15. The number of nitrogens with one attached hydrogen (secondary N) is 2. The number of benzene rings is 2. The third-order valence-electron chi connectivity index (χ3n) is 8.69. The van der Waals surface area contributed by atoms with Crippen LogP contribution in [0, 0.1) is 0 Å². The fraction of sp³-hybridized carbons (Fsp3) is 0.469. The number of fused-ring (bicyclic) bond motifs is 2. The van der Waals surface area contributed by atoms with Crippen molar-refractivity contribution in [3.63, 3.8) is 0 Å². The van der Waals surface area contributed by atoms with Gasteiger partial charge in [-0.05, 0) is 82.3 Å². The van der Waals surface area contributed by atoms with Gasteiger partial charge in [0.05, 0.1) is 25.3 Å². The van der Waals surface area contributed by atoms with Gasteiger partial charge in [0.1, 0.15) is 11.6 Å². The van der Waals surface area contributed by atoms with Crippen molar-refractivity contribution in [1.82, 2.24) is 14.9 Å². The molecule has 6 rings (SSSR count). The van der Waals surface area contributed by atoms with Crippen LogP contribution >= 0.6 is 0 Å². The highest BCUT2D eigenvalue weighted by atomic mass is 16.5. The predicted molar refractivity (Wildman–Crippen MR) is 170 cm³/mol. The molecule has 3 aliphatic rings. The van der Waals surface area contributed by atoms with Crippen molar-refractivity contribution in [2.45, 2.75) is 38.8 Å². The van der Waals surface area contributed by atoms with Gasteiger partial charge in [-0.15, -0.1) is 0 Å². The van der Waals surface area contributed by atoms with Crippen molar-refractivity contribution >= 4 is 34.7 Å². The van der Waals surface area contributed by atoms with Crippen molar-refractivity contribution < 1.29 is 9.53 Å². The first-order valence-electron chi connectivity index (χ1n) is 15.2. The van der Waals surface area contributed by atoms with Crippen molar-refractivity contribution in [2.24, 2.45) is 0 Å². The molecule has 2 bridgehead atoms. The van der Waals surface area contributed by atoms with Crippen molar-refractivity contribution in [3.8, 4) is 11.4 Å². The lowest BCUT2D eigenvalue weighted by Gasteiger charge is -2.36. The number of urea groups is 1. The first-order valence-corrected chi connectivity index (χ1v) is 15.2. The Bertz CT molecular complexity index is 1340. The predicted octanol–water partition coefficient (Wildman–Crippen LogP) is 4.75. The van der Waals surface area contributed by atoms with E-state index in [1.807, 2.05) is 36.4 Å². The number of hydrogen-bond donors (Lipinski definition) is 2. The zero-order chi connectivity index (χ0) is 29.1. The Morgan fingerprint density at radius 1 is 0.881 bits per heavy atom. The molecular weight excluding hydrogens is 528 g/mol. The van der Waals surface area contributed by atoms with Gasteiger partial charge in [-0.2, -0.15) is 0 Å². The molecule has 3 aromatic rings. The van der Waals surface area contributed by atoms with Crippen LogP contribution in [0.5, 0.6) is 0 Å². The van der Waals surface area contributed by atoms with Gasteiger partial charge in [0.25, 0.3) is 0 Å². The molecule has 0 spiro atoms. The number of anilines is 5. The van der Waals surface area contributed by atoms with Crippen LogP contribution in [0.1, 0.15) is 26.7 Å². The average Bonchev–Trinajstić information content (AvgIpc) is 3.26. The second kappa shape index (κ2) is 12.5. The summed E-state index contributed by atoms with van der Waals surface area (Å²) in [6.07, 6.45) is 2.26. The molecule has 2 N–H and O–H groups in total. The van der Waals surface area contributed by atoms with Gasteiger partial charge in [-0.3, -0.25) is 0 Å². The number of carbonyl (C=O) groups is 1. The smallest absolute Gasteiger partial charge is 0.323 e. The zero-order valence-corrected chi connectivity index (χ0v) is 24.9. The SMILES string of the molecule is CCN(CC)c1cc(N2C3CCC2COC3)nc(-c2ccc(NC(=O)Nc3ccc(N4CCN(C)CC4)cc3)cc2)n1. The molecule has 0 radical (unpaired) electrons. The first-order chi connectivity index (χ1) is 20.5. The van der Waals surface area contributed by atoms with Crippen molar-refractivity contribution in [3.05, 3.63) is 54.6 Å². The van der Waals surface area contributed by atoms with Crippen molar-refractivity contribution in [1.29, 1.82) is 0 Å².